The number of piperazine rings is 1. The summed E-state index contributed by atoms with van der Waals surface area (Å²) in [5, 5.41) is 9.09. The van der Waals surface area contributed by atoms with Crippen LogP contribution in [-0.4, -0.2) is 61.8 Å². The Labute approximate surface area is 110 Å². The van der Waals surface area contributed by atoms with E-state index in [0.29, 0.717) is 0 Å². The molecule has 0 spiro atoms. The Balaban J connectivity index is 1.71. The molecule has 0 bridgehead atoms. The third kappa shape index (κ3) is 3.68. The van der Waals surface area contributed by atoms with Gasteiger partial charge in [-0.3, -0.25) is 4.90 Å². The lowest BCUT2D eigenvalue weighted by Gasteiger charge is -2.38. The van der Waals surface area contributed by atoms with Crippen molar-refractivity contribution in [3.63, 3.8) is 0 Å². The lowest BCUT2D eigenvalue weighted by molar-refractivity contribution is 0.0395. The predicted octanol–water partition coefficient (Wildman–Crippen LogP) is 1.33. The van der Waals surface area contributed by atoms with Gasteiger partial charge in [-0.05, 0) is 25.2 Å². The van der Waals surface area contributed by atoms with Crippen LogP contribution in [0.4, 0.5) is 0 Å². The molecule has 2 aliphatic heterocycles. The Bertz CT molecular complexity index is 275. The number of nitriles is 1. The number of hydrogen-bond acceptors (Lipinski definition) is 4. The van der Waals surface area contributed by atoms with E-state index in [1.807, 2.05) is 0 Å². The van der Waals surface area contributed by atoms with Crippen LogP contribution in [0, 0.1) is 17.2 Å². The van der Waals surface area contributed by atoms with Gasteiger partial charge in [0.2, 0.25) is 0 Å². The lowest BCUT2D eigenvalue weighted by Crippen LogP contribution is -2.51. The highest BCUT2D eigenvalue weighted by Crippen LogP contribution is 2.17. The van der Waals surface area contributed by atoms with E-state index in [2.05, 4.69) is 22.8 Å². The molecule has 2 heterocycles. The van der Waals surface area contributed by atoms with Gasteiger partial charge < -0.3 is 9.64 Å². The molecule has 2 saturated heterocycles. The minimum absolute atomic E-state index is 0.121. The fourth-order valence-corrected chi connectivity index (χ4v) is 2.98. The molecule has 0 aliphatic carbocycles. The normalized spacial score (nSPS) is 25.8. The van der Waals surface area contributed by atoms with Crippen LogP contribution in [0.5, 0.6) is 0 Å². The molecule has 0 aromatic carbocycles. The van der Waals surface area contributed by atoms with Crippen molar-refractivity contribution in [1.29, 1.82) is 5.26 Å². The second kappa shape index (κ2) is 7.08. The third-order valence-electron chi connectivity index (χ3n) is 4.24. The Morgan fingerprint density at radius 1 is 1.22 bits per heavy atom. The van der Waals surface area contributed by atoms with Crippen LogP contribution in [0.3, 0.4) is 0 Å². The molecule has 0 saturated carbocycles. The molecule has 2 aliphatic rings. The summed E-state index contributed by atoms with van der Waals surface area (Å²) >= 11 is 0. The van der Waals surface area contributed by atoms with Crippen molar-refractivity contribution in [1.82, 2.24) is 9.80 Å². The summed E-state index contributed by atoms with van der Waals surface area (Å²) in [6, 6.07) is 2.53. The Morgan fingerprint density at radius 2 is 1.89 bits per heavy atom. The van der Waals surface area contributed by atoms with Crippen molar-refractivity contribution >= 4 is 0 Å². The topological polar surface area (TPSA) is 39.5 Å². The standard InChI is InChI=1S/C14H25N3O/c1-2-14(11-15)17-7-5-16(6-8-17)12-13-3-9-18-10-4-13/h13-14H,2-10,12H2,1H3. The van der Waals surface area contributed by atoms with Crippen molar-refractivity contribution in [3.8, 4) is 6.07 Å². The van der Waals surface area contributed by atoms with E-state index in [1.165, 1.54) is 19.4 Å². The number of ether oxygens (including phenoxy) is 1. The summed E-state index contributed by atoms with van der Waals surface area (Å²) in [6.45, 7) is 9.55. The zero-order valence-electron chi connectivity index (χ0n) is 11.5. The zero-order chi connectivity index (χ0) is 12.8. The minimum atomic E-state index is 0.121. The second-order valence-corrected chi connectivity index (χ2v) is 5.45. The average molecular weight is 251 g/mol. The smallest absolute Gasteiger partial charge is 0.0976 e. The van der Waals surface area contributed by atoms with Crippen molar-refractivity contribution in [2.45, 2.75) is 32.2 Å². The summed E-state index contributed by atoms with van der Waals surface area (Å²) in [5.74, 6) is 0.822. The van der Waals surface area contributed by atoms with Crippen molar-refractivity contribution in [2.24, 2.45) is 5.92 Å². The van der Waals surface area contributed by atoms with Crippen LogP contribution >= 0.6 is 0 Å². The first-order valence-electron chi connectivity index (χ1n) is 7.27. The molecule has 102 valence electrons. The van der Waals surface area contributed by atoms with Crippen LogP contribution in [0.25, 0.3) is 0 Å². The minimum Gasteiger partial charge on any atom is -0.381 e. The summed E-state index contributed by atoms with van der Waals surface area (Å²) in [7, 11) is 0. The molecule has 18 heavy (non-hydrogen) atoms. The van der Waals surface area contributed by atoms with Crippen LogP contribution in [0.1, 0.15) is 26.2 Å². The van der Waals surface area contributed by atoms with E-state index in [9.17, 15) is 0 Å². The highest BCUT2D eigenvalue weighted by molar-refractivity contribution is 4.92. The van der Waals surface area contributed by atoms with E-state index in [1.54, 1.807) is 0 Å². The highest BCUT2D eigenvalue weighted by atomic mass is 16.5. The Kier molecular flexibility index (Phi) is 5.43. The lowest BCUT2D eigenvalue weighted by atomic mass is 9.99. The molecule has 4 heteroatoms. The van der Waals surface area contributed by atoms with E-state index < -0.39 is 0 Å². The van der Waals surface area contributed by atoms with E-state index in [0.717, 1.165) is 51.7 Å². The van der Waals surface area contributed by atoms with Gasteiger partial charge >= 0.3 is 0 Å². The van der Waals surface area contributed by atoms with Gasteiger partial charge in [0.05, 0.1) is 12.1 Å². The Hall–Kier alpha value is -0.630. The van der Waals surface area contributed by atoms with Crippen molar-refractivity contribution in [3.05, 3.63) is 0 Å². The fraction of sp³-hybridized carbons (Fsp3) is 0.929. The first kappa shape index (κ1) is 13.8. The maximum Gasteiger partial charge on any atom is 0.0976 e. The van der Waals surface area contributed by atoms with Gasteiger partial charge in [-0.1, -0.05) is 6.92 Å². The fourth-order valence-electron chi connectivity index (χ4n) is 2.98. The maximum absolute atomic E-state index is 9.09. The number of hydrogen-bond donors (Lipinski definition) is 0. The summed E-state index contributed by atoms with van der Waals surface area (Å²) < 4.78 is 5.40. The highest BCUT2D eigenvalue weighted by Gasteiger charge is 2.24. The first-order chi connectivity index (χ1) is 8.83. The molecule has 0 amide bonds. The first-order valence-corrected chi connectivity index (χ1v) is 7.27. The van der Waals surface area contributed by atoms with E-state index >= 15 is 0 Å². The molecular weight excluding hydrogens is 226 g/mol. The summed E-state index contributed by atoms with van der Waals surface area (Å²) in [5.41, 5.74) is 0. The number of rotatable bonds is 4. The quantitative estimate of drug-likeness (QED) is 0.756. The molecule has 4 nitrogen and oxygen atoms in total. The van der Waals surface area contributed by atoms with Gasteiger partial charge in [0, 0.05) is 45.9 Å². The van der Waals surface area contributed by atoms with Crippen LogP contribution in [-0.2, 0) is 4.74 Å². The number of nitrogens with zero attached hydrogens (tertiary/aromatic N) is 3. The summed E-state index contributed by atoms with van der Waals surface area (Å²) in [6.07, 6.45) is 3.38. The van der Waals surface area contributed by atoms with Crippen LogP contribution in [0.15, 0.2) is 0 Å². The van der Waals surface area contributed by atoms with Crippen LogP contribution < -0.4 is 0 Å². The molecule has 0 aromatic rings. The molecule has 0 N–H and O–H groups in total. The molecule has 0 radical (unpaired) electrons. The van der Waals surface area contributed by atoms with Gasteiger partial charge in [0.15, 0.2) is 0 Å². The maximum atomic E-state index is 9.09. The van der Waals surface area contributed by atoms with Gasteiger partial charge in [-0.25, -0.2) is 0 Å². The van der Waals surface area contributed by atoms with Crippen LogP contribution in [0.2, 0.25) is 0 Å². The molecule has 2 rings (SSSR count). The molecular formula is C14H25N3O. The van der Waals surface area contributed by atoms with Crippen molar-refractivity contribution in [2.75, 3.05) is 45.9 Å². The van der Waals surface area contributed by atoms with Crippen molar-refractivity contribution < 1.29 is 4.74 Å². The molecule has 2 fully saturated rings. The zero-order valence-corrected chi connectivity index (χ0v) is 11.5. The molecule has 0 aromatic heterocycles. The van der Waals surface area contributed by atoms with Gasteiger partial charge in [0.1, 0.15) is 0 Å². The monoisotopic (exact) mass is 251 g/mol. The summed E-state index contributed by atoms with van der Waals surface area (Å²) in [4.78, 5) is 4.90. The molecule has 1 unspecified atom stereocenters. The average Bonchev–Trinajstić information content (AvgIpc) is 2.43. The molecule has 1 atom stereocenters. The van der Waals surface area contributed by atoms with E-state index in [-0.39, 0.29) is 6.04 Å². The third-order valence-corrected chi connectivity index (χ3v) is 4.24. The van der Waals surface area contributed by atoms with Gasteiger partial charge in [0.25, 0.3) is 0 Å². The van der Waals surface area contributed by atoms with Gasteiger partial charge in [-0.2, -0.15) is 5.26 Å². The predicted molar refractivity (Wildman–Crippen MR) is 71.2 cm³/mol. The van der Waals surface area contributed by atoms with E-state index in [4.69, 9.17) is 10.00 Å². The largest absolute Gasteiger partial charge is 0.381 e. The Morgan fingerprint density at radius 3 is 2.44 bits per heavy atom. The van der Waals surface area contributed by atoms with Gasteiger partial charge in [-0.15, -0.1) is 0 Å². The second-order valence-electron chi connectivity index (χ2n) is 5.45. The SMILES string of the molecule is CCC(C#N)N1CCN(CC2CCOCC2)CC1.